The van der Waals surface area contributed by atoms with Gasteiger partial charge in [0.2, 0.25) is 10.0 Å². The van der Waals surface area contributed by atoms with Crippen LogP contribution in [0.5, 0.6) is 5.75 Å². The highest BCUT2D eigenvalue weighted by Gasteiger charge is 2.42. The van der Waals surface area contributed by atoms with E-state index in [1.54, 1.807) is 18.3 Å². The smallest absolute Gasteiger partial charge is 0.335 e. The normalized spacial score (nSPS) is 20.6. The summed E-state index contributed by atoms with van der Waals surface area (Å²) in [5.41, 5.74) is 2.02. The van der Waals surface area contributed by atoms with Crippen molar-refractivity contribution in [3.8, 4) is 5.75 Å². The number of carbonyl (C=O) groups excluding carboxylic acids is 1. The van der Waals surface area contributed by atoms with Crippen LogP contribution in [-0.2, 0) is 25.9 Å². The van der Waals surface area contributed by atoms with E-state index in [4.69, 9.17) is 14.2 Å². The zero-order valence-electron chi connectivity index (χ0n) is 18.6. The zero-order chi connectivity index (χ0) is 23.4. The van der Waals surface area contributed by atoms with E-state index in [1.807, 2.05) is 36.4 Å². The van der Waals surface area contributed by atoms with E-state index in [2.05, 4.69) is 10.9 Å². The second-order valence-corrected chi connectivity index (χ2v) is 9.69. The van der Waals surface area contributed by atoms with Gasteiger partial charge in [-0.3, -0.25) is 0 Å². The van der Waals surface area contributed by atoms with Crippen LogP contribution in [0.25, 0.3) is 0 Å². The van der Waals surface area contributed by atoms with Gasteiger partial charge in [0.05, 0.1) is 19.9 Å². The summed E-state index contributed by atoms with van der Waals surface area (Å²) in [6.07, 6.45) is 12.4. The lowest BCUT2D eigenvalue weighted by molar-refractivity contribution is 0.162. The lowest BCUT2D eigenvalue weighted by Crippen LogP contribution is -2.44. The molecule has 1 atom stereocenters. The maximum Gasteiger partial charge on any atom is 0.335 e. The fraction of sp³-hybridized carbons (Fsp3) is 0.348. The molecule has 0 bridgehead atoms. The number of methoxy groups -OCH3 is 1. The molecule has 33 heavy (non-hydrogen) atoms. The molecule has 1 aliphatic carbocycles. The molecule has 0 saturated carbocycles. The highest BCUT2D eigenvalue weighted by molar-refractivity contribution is 7.88. The molecule has 2 heterocycles. The molecular formula is C23H27N3O6S. The van der Waals surface area contributed by atoms with Crippen molar-refractivity contribution in [3.05, 3.63) is 77.7 Å². The van der Waals surface area contributed by atoms with Crippen molar-refractivity contribution >= 4 is 16.1 Å². The van der Waals surface area contributed by atoms with Crippen molar-refractivity contribution < 1.29 is 27.4 Å². The summed E-state index contributed by atoms with van der Waals surface area (Å²) in [5.74, 6) is 1.79. The van der Waals surface area contributed by atoms with Crippen LogP contribution in [-0.4, -0.2) is 56.9 Å². The zero-order valence-corrected chi connectivity index (χ0v) is 19.4. The van der Waals surface area contributed by atoms with Gasteiger partial charge < -0.3 is 19.1 Å². The minimum atomic E-state index is -3.63. The van der Waals surface area contributed by atoms with Crippen LogP contribution in [0.1, 0.15) is 18.4 Å². The van der Waals surface area contributed by atoms with Crippen LogP contribution < -0.4 is 9.57 Å². The van der Waals surface area contributed by atoms with E-state index in [0.29, 0.717) is 24.5 Å². The third-order valence-electron chi connectivity index (χ3n) is 5.53. The second-order valence-electron chi connectivity index (χ2n) is 7.96. The van der Waals surface area contributed by atoms with Crippen molar-refractivity contribution in [2.45, 2.75) is 25.3 Å². The van der Waals surface area contributed by atoms with Gasteiger partial charge in [0.15, 0.2) is 11.5 Å². The minimum absolute atomic E-state index is 0.0932. The maximum atomic E-state index is 13.1. The van der Waals surface area contributed by atoms with E-state index >= 15 is 0 Å². The van der Waals surface area contributed by atoms with Crippen LogP contribution in [0, 0.1) is 0 Å². The number of carbonyl (C=O) groups is 1. The number of allylic oxidation sites excluding steroid dienone is 4. The number of hydrogen-bond donors (Lipinski definition) is 1. The minimum Gasteiger partial charge on any atom is -0.497 e. The first-order chi connectivity index (χ1) is 15.8. The highest BCUT2D eigenvalue weighted by Crippen LogP contribution is 2.31. The van der Waals surface area contributed by atoms with Gasteiger partial charge in [0.25, 0.3) is 0 Å². The number of ether oxygens (including phenoxy) is 3. The van der Waals surface area contributed by atoms with Gasteiger partial charge in [-0.25, -0.2) is 18.2 Å². The Bertz CT molecular complexity index is 1120. The molecule has 1 aromatic carbocycles. The van der Waals surface area contributed by atoms with E-state index in [-0.39, 0.29) is 6.54 Å². The molecule has 2 aliphatic heterocycles. The number of amides is 2. The third-order valence-corrected chi connectivity index (χ3v) is 6.08. The van der Waals surface area contributed by atoms with Gasteiger partial charge in [-0.2, -0.15) is 0 Å². The molecule has 1 saturated heterocycles. The topological polar surface area (TPSA) is 97.4 Å². The van der Waals surface area contributed by atoms with Crippen molar-refractivity contribution in [1.82, 2.24) is 14.7 Å². The lowest BCUT2D eigenvalue weighted by Gasteiger charge is -2.27. The largest absolute Gasteiger partial charge is 0.497 e. The summed E-state index contributed by atoms with van der Waals surface area (Å²) in [6.45, 7) is 0.457. The molecule has 3 aliphatic rings. The lowest BCUT2D eigenvalue weighted by atomic mass is 10.0. The Hall–Kier alpha value is -3.24. The Morgan fingerprint density at radius 3 is 2.67 bits per heavy atom. The number of sulfonamides is 1. The first-order valence-electron chi connectivity index (χ1n) is 10.6. The second kappa shape index (κ2) is 9.72. The number of hydrazine groups is 1. The Balaban J connectivity index is 1.52. The van der Waals surface area contributed by atoms with E-state index in [1.165, 1.54) is 6.26 Å². The number of nitrogens with one attached hydrogen (secondary N) is 1. The Morgan fingerprint density at radius 1 is 1.21 bits per heavy atom. The molecule has 0 spiro atoms. The number of urea groups is 1. The van der Waals surface area contributed by atoms with Crippen LogP contribution in [0.4, 0.5) is 4.79 Å². The maximum absolute atomic E-state index is 13.1. The van der Waals surface area contributed by atoms with Crippen molar-refractivity contribution in [1.29, 1.82) is 0 Å². The summed E-state index contributed by atoms with van der Waals surface area (Å²) in [5, 5.41) is 1.10. The molecule has 2 amide bonds. The number of benzene rings is 1. The SMILES string of the molecule is COc1ccc(CCN2C(=O)N(NS(C)(=O)=O)CC2C2=COC=C(C3=CC=CCC3)O2)cc1. The summed E-state index contributed by atoms with van der Waals surface area (Å²) in [6, 6.07) is 6.63. The summed E-state index contributed by atoms with van der Waals surface area (Å²) in [4.78, 5) is 17.0. The summed E-state index contributed by atoms with van der Waals surface area (Å²) >= 11 is 0. The van der Waals surface area contributed by atoms with E-state index < -0.39 is 22.1 Å². The summed E-state index contributed by atoms with van der Waals surface area (Å²) < 4.78 is 40.5. The van der Waals surface area contributed by atoms with Gasteiger partial charge >= 0.3 is 6.03 Å². The molecule has 176 valence electrons. The number of rotatable bonds is 8. The van der Waals surface area contributed by atoms with Crippen LogP contribution >= 0.6 is 0 Å². The predicted octanol–water partition coefficient (Wildman–Crippen LogP) is 2.81. The Morgan fingerprint density at radius 2 is 2.00 bits per heavy atom. The van der Waals surface area contributed by atoms with Gasteiger partial charge in [-0.05, 0) is 42.5 Å². The molecule has 4 rings (SSSR count). The van der Waals surface area contributed by atoms with E-state index in [0.717, 1.165) is 41.0 Å². The van der Waals surface area contributed by atoms with Crippen molar-refractivity contribution in [2.75, 3.05) is 26.5 Å². The van der Waals surface area contributed by atoms with Crippen molar-refractivity contribution in [2.24, 2.45) is 0 Å². The fourth-order valence-corrected chi connectivity index (χ4v) is 4.44. The molecule has 1 N–H and O–H groups in total. The Labute approximate surface area is 193 Å². The molecule has 1 aromatic rings. The number of hydrogen-bond acceptors (Lipinski definition) is 6. The first-order valence-corrected chi connectivity index (χ1v) is 12.5. The molecule has 9 nitrogen and oxygen atoms in total. The fourth-order valence-electron chi connectivity index (χ4n) is 3.88. The van der Waals surface area contributed by atoms with Crippen LogP contribution in [0.2, 0.25) is 0 Å². The average molecular weight is 474 g/mol. The van der Waals surface area contributed by atoms with Crippen LogP contribution in [0.3, 0.4) is 0 Å². The quantitative estimate of drug-likeness (QED) is 0.624. The molecule has 0 radical (unpaired) electrons. The van der Waals surface area contributed by atoms with E-state index in [9.17, 15) is 13.2 Å². The standard InChI is InChI=1S/C23H27N3O6S/c1-30-19-10-8-17(9-11-19)12-13-25-20(14-26(23(25)27)24-33(2,28)29)22-16-31-15-21(32-22)18-6-4-3-5-7-18/h3-4,6,8-11,15-16,20,24H,5,7,12-14H2,1-2H3. The molecule has 1 unspecified atom stereocenters. The molecule has 1 fully saturated rings. The predicted molar refractivity (Wildman–Crippen MR) is 122 cm³/mol. The van der Waals surface area contributed by atoms with Crippen molar-refractivity contribution in [3.63, 3.8) is 0 Å². The third kappa shape index (κ3) is 5.58. The molecule has 10 heteroatoms. The van der Waals surface area contributed by atoms with Gasteiger partial charge in [-0.1, -0.05) is 30.4 Å². The van der Waals surface area contributed by atoms with Gasteiger partial charge in [-0.15, -0.1) is 4.83 Å². The molecular weight excluding hydrogens is 446 g/mol. The monoisotopic (exact) mass is 473 g/mol. The first kappa shape index (κ1) is 22.9. The van der Waals surface area contributed by atoms with Gasteiger partial charge in [0, 0.05) is 6.54 Å². The van der Waals surface area contributed by atoms with Gasteiger partial charge in [0.1, 0.15) is 24.3 Å². The average Bonchev–Trinajstić information content (AvgIpc) is 3.12. The number of nitrogens with zero attached hydrogens (tertiary/aromatic N) is 2. The molecule has 0 aromatic heterocycles. The summed E-state index contributed by atoms with van der Waals surface area (Å²) in [7, 11) is -2.02. The Kier molecular flexibility index (Phi) is 6.75. The highest BCUT2D eigenvalue weighted by atomic mass is 32.2. The van der Waals surface area contributed by atoms with Crippen LogP contribution in [0.15, 0.2) is 72.1 Å².